The Morgan fingerprint density at radius 1 is 0.943 bits per heavy atom. The number of carboxylic acids is 1. The summed E-state index contributed by atoms with van der Waals surface area (Å²) in [7, 11) is -4.25. The molecule has 0 fully saturated rings. The van der Waals surface area contributed by atoms with Gasteiger partial charge in [-0.2, -0.15) is 0 Å². The van der Waals surface area contributed by atoms with E-state index in [1.807, 2.05) is 19.9 Å². The van der Waals surface area contributed by atoms with Crippen LogP contribution in [-0.4, -0.2) is 46.3 Å². The Kier molecular flexibility index (Phi) is 10.9. The van der Waals surface area contributed by atoms with Crippen LogP contribution in [0.25, 0.3) is 0 Å². The zero-order chi connectivity index (χ0) is 25.8. The van der Waals surface area contributed by atoms with E-state index in [0.717, 1.165) is 5.56 Å². The number of carbonyl (C=O) groups is 3. The standard InChI is InChI=1S/C24H32N3O7P/c1-17(2)13-21(23(29)30)26-22(28)20(14-18-9-5-3-6-10-18)27-35(32,33)16-25-24(31)34-15-19-11-7-4-8-12-19/h3-12,17,20-21H,13-16H2,1-2H3,(H,25,31)(H,26,28)(H,29,30)(H2,27,32,33)/t20-,21-/m0/s1. The van der Waals surface area contributed by atoms with E-state index in [-0.39, 0.29) is 25.4 Å². The van der Waals surface area contributed by atoms with Crippen LogP contribution in [0, 0.1) is 5.92 Å². The van der Waals surface area contributed by atoms with Crippen molar-refractivity contribution in [1.82, 2.24) is 15.7 Å². The molecule has 2 amide bonds. The molecule has 0 radical (unpaired) electrons. The number of carboxylic acid groups (broad SMARTS) is 1. The van der Waals surface area contributed by atoms with Crippen LogP contribution in [0.3, 0.4) is 0 Å². The predicted molar refractivity (Wildman–Crippen MR) is 131 cm³/mol. The summed E-state index contributed by atoms with van der Waals surface area (Å²) in [4.78, 5) is 46.9. The highest BCUT2D eigenvalue weighted by Crippen LogP contribution is 2.34. The minimum Gasteiger partial charge on any atom is -0.480 e. The van der Waals surface area contributed by atoms with Crippen molar-refractivity contribution in [3.8, 4) is 0 Å². The molecule has 0 aromatic heterocycles. The monoisotopic (exact) mass is 505 g/mol. The molecule has 0 aliphatic heterocycles. The molecule has 2 aromatic carbocycles. The number of hydrogen-bond acceptors (Lipinski definition) is 5. The van der Waals surface area contributed by atoms with Crippen molar-refractivity contribution in [3.05, 3.63) is 71.8 Å². The van der Waals surface area contributed by atoms with Gasteiger partial charge in [0, 0.05) is 0 Å². The number of amides is 2. The Balaban J connectivity index is 2.03. The first-order chi connectivity index (χ1) is 16.6. The van der Waals surface area contributed by atoms with Gasteiger partial charge in [0.05, 0.1) is 6.04 Å². The maximum atomic E-state index is 12.9. The van der Waals surface area contributed by atoms with E-state index >= 15 is 0 Å². The molecule has 0 heterocycles. The van der Waals surface area contributed by atoms with Crippen molar-refractivity contribution < 1.29 is 33.7 Å². The Labute approximate surface area is 204 Å². The largest absolute Gasteiger partial charge is 0.480 e. The zero-order valence-electron chi connectivity index (χ0n) is 19.7. The van der Waals surface area contributed by atoms with E-state index in [1.54, 1.807) is 54.6 Å². The number of hydrogen-bond donors (Lipinski definition) is 5. The van der Waals surface area contributed by atoms with Gasteiger partial charge in [-0.1, -0.05) is 74.5 Å². The van der Waals surface area contributed by atoms with Crippen LogP contribution in [0.15, 0.2) is 60.7 Å². The minimum absolute atomic E-state index is 0.00646. The number of aliphatic carboxylic acids is 1. The van der Waals surface area contributed by atoms with Gasteiger partial charge in [-0.3, -0.25) is 9.36 Å². The molecule has 35 heavy (non-hydrogen) atoms. The number of ether oxygens (including phenoxy) is 1. The topological polar surface area (TPSA) is 154 Å². The lowest BCUT2D eigenvalue weighted by Gasteiger charge is -2.24. The van der Waals surface area contributed by atoms with Crippen LogP contribution in [0.5, 0.6) is 0 Å². The van der Waals surface area contributed by atoms with Crippen LogP contribution in [0.1, 0.15) is 31.4 Å². The van der Waals surface area contributed by atoms with Gasteiger partial charge in [0.15, 0.2) is 0 Å². The molecule has 2 rings (SSSR count). The van der Waals surface area contributed by atoms with Crippen LogP contribution >= 0.6 is 7.52 Å². The van der Waals surface area contributed by atoms with E-state index < -0.39 is 43.9 Å². The van der Waals surface area contributed by atoms with Crippen molar-refractivity contribution in [2.24, 2.45) is 5.92 Å². The Morgan fingerprint density at radius 3 is 2.06 bits per heavy atom. The number of rotatable bonds is 13. The molecule has 0 aliphatic rings. The maximum Gasteiger partial charge on any atom is 0.407 e. The van der Waals surface area contributed by atoms with E-state index in [9.17, 15) is 28.9 Å². The van der Waals surface area contributed by atoms with Crippen molar-refractivity contribution in [2.75, 3.05) is 6.29 Å². The van der Waals surface area contributed by atoms with Crippen LogP contribution in [0.2, 0.25) is 0 Å². The Bertz CT molecular complexity index is 1020. The van der Waals surface area contributed by atoms with Crippen molar-refractivity contribution in [1.29, 1.82) is 0 Å². The van der Waals surface area contributed by atoms with Crippen molar-refractivity contribution in [2.45, 2.75) is 45.4 Å². The summed E-state index contributed by atoms with van der Waals surface area (Å²) >= 11 is 0. The fourth-order valence-electron chi connectivity index (χ4n) is 3.25. The summed E-state index contributed by atoms with van der Waals surface area (Å²) in [5.41, 5.74) is 1.45. The SMILES string of the molecule is CC(C)C[C@H](NC(=O)[C@H](Cc1ccccc1)NP(=O)(O)CNC(=O)OCc1ccccc1)C(=O)O. The van der Waals surface area contributed by atoms with Crippen molar-refractivity contribution >= 4 is 25.5 Å². The Hall–Kier alpha value is -3.20. The fraction of sp³-hybridized carbons (Fsp3) is 0.375. The maximum absolute atomic E-state index is 12.9. The summed E-state index contributed by atoms with van der Waals surface area (Å²) in [6, 6.07) is 15.3. The second-order valence-electron chi connectivity index (χ2n) is 8.50. The van der Waals surface area contributed by atoms with Crippen LogP contribution in [0.4, 0.5) is 4.79 Å². The molecule has 5 N–H and O–H groups in total. The van der Waals surface area contributed by atoms with Gasteiger partial charge in [0.2, 0.25) is 5.91 Å². The average Bonchev–Trinajstić information content (AvgIpc) is 2.81. The molecule has 190 valence electrons. The molecule has 0 bridgehead atoms. The number of nitrogens with one attached hydrogen (secondary N) is 3. The third kappa shape index (κ3) is 10.7. The van der Waals surface area contributed by atoms with Gasteiger partial charge in [-0.05, 0) is 29.9 Å². The first kappa shape index (κ1) is 28.0. The third-order valence-corrected chi connectivity index (χ3v) is 6.23. The summed E-state index contributed by atoms with van der Waals surface area (Å²) in [5.74, 6) is -1.92. The molecule has 3 atom stereocenters. The lowest BCUT2D eigenvalue weighted by Crippen LogP contribution is -2.51. The van der Waals surface area contributed by atoms with Gasteiger partial charge in [0.25, 0.3) is 7.52 Å². The summed E-state index contributed by atoms with van der Waals surface area (Å²) < 4.78 is 17.8. The van der Waals surface area contributed by atoms with E-state index in [4.69, 9.17) is 4.74 Å². The normalized spacial score (nSPS) is 14.4. The van der Waals surface area contributed by atoms with Gasteiger partial charge in [-0.25, -0.2) is 14.7 Å². The molecule has 1 unspecified atom stereocenters. The smallest absolute Gasteiger partial charge is 0.407 e. The molecular weight excluding hydrogens is 473 g/mol. The molecule has 2 aromatic rings. The summed E-state index contributed by atoms with van der Waals surface area (Å²) in [5, 5.41) is 16.5. The summed E-state index contributed by atoms with van der Waals surface area (Å²) in [6.07, 6.45) is -1.35. The molecule has 0 aliphatic carbocycles. The van der Waals surface area contributed by atoms with E-state index in [0.29, 0.717) is 5.56 Å². The molecule has 11 heteroatoms. The predicted octanol–water partition coefficient (Wildman–Crippen LogP) is 2.87. The molecular formula is C24H32N3O7P. The second-order valence-corrected chi connectivity index (χ2v) is 10.5. The highest BCUT2D eigenvalue weighted by atomic mass is 31.2. The molecule has 0 saturated carbocycles. The first-order valence-corrected chi connectivity index (χ1v) is 13.0. The summed E-state index contributed by atoms with van der Waals surface area (Å²) in [6.45, 7) is 3.64. The number of alkyl carbamates (subject to hydrolysis) is 1. The number of benzene rings is 2. The van der Waals surface area contributed by atoms with Gasteiger partial charge in [0.1, 0.15) is 18.9 Å². The van der Waals surface area contributed by atoms with E-state index in [1.165, 1.54) is 0 Å². The van der Waals surface area contributed by atoms with E-state index in [2.05, 4.69) is 15.7 Å². The average molecular weight is 506 g/mol. The second kappa shape index (κ2) is 13.6. The number of carbonyl (C=O) groups excluding carboxylic acids is 2. The third-order valence-electron chi connectivity index (χ3n) is 4.93. The zero-order valence-corrected chi connectivity index (χ0v) is 20.6. The molecule has 0 spiro atoms. The lowest BCUT2D eigenvalue weighted by molar-refractivity contribution is -0.142. The molecule has 0 saturated heterocycles. The highest BCUT2D eigenvalue weighted by Gasteiger charge is 2.31. The van der Waals surface area contributed by atoms with Crippen LogP contribution < -0.4 is 15.7 Å². The first-order valence-electron chi connectivity index (χ1n) is 11.2. The minimum atomic E-state index is -4.25. The van der Waals surface area contributed by atoms with Gasteiger partial charge in [-0.15, -0.1) is 0 Å². The van der Waals surface area contributed by atoms with Gasteiger partial charge >= 0.3 is 12.1 Å². The quantitative estimate of drug-likeness (QED) is 0.260. The van der Waals surface area contributed by atoms with Gasteiger partial charge < -0.3 is 25.4 Å². The van der Waals surface area contributed by atoms with Crippen molar-refractivity contribution in [3.63, 3.8) is 0 Å². The highest BCUT2D eigenvalue weighted by molar-refractivity contribution is 7.55. The fourth-order valence-corrected chi connectivity index (χ4v) is 4.38. The van der Waals surface area contributed by atoms with Crippen LogP contribution in [-0.2, 0) is 31.9 Å². The molecule has 10 nitrogen and oxygen atoms in total. The Morgan fingerprint density at radius 2 is 1.51 bits per heavy atom. The lowest BCUT2D eigenvalue weighted by atomic mass is 10.0.